The molecule has 11 heavy (non-hydrogen) atoms. The molecule has 0 unspecified atom stereocenters. The van der Waals surface area contributed by atoms with Gasteiger partial charge in [0.2, 0.25) is 0 Å². The van der Waals surface area contributed by atoms with Crippen LogP contribution in [0, 0.1) is 17.8 Å². The maximum absolute atomic E-state index is 4.86. The van der Waals surface area contributed by atoms with E-state index in [4.69, 9.17) is 4.84 Å². The van der Waals surface area contributed by atoms with Gasteiger partial charge in [-0.1, -0.05) is 6.42 Å². The third-order valence-electron chi connectivity index (χ3n) is 3.37. The molecular weight excluding hydrogens is 138 g/mol. The molecule has 2 aliphatic carbocycles. The minimum atomic E-state index is 0.911. The minimum absolute atomic E-state index is 0.911. The Morgan fingerprint density at radius 3 is 2.82 bits per heavy atom. The molecule has 0 saturated heterocycles. The highest BCUT2D eigenvalue weighted by atomic mass is 16.6. The van der Waals surface area contributed by atoms with Crippen LogP contribution >= 0.6 is 0 Å². The van der Waals surface area contributed by atoms with E-state index in [1.54, 1.807) is 7.11 Å². The molecule has 2 heteroatoms. The van der Waals surface area contributed by atoms with Crippen molar-refractivity contribution in [1.82, 2.24) is 5.48 Å². The van der Waals surface area contributed by atoms with Gasteiger partial charge in [0.05, 0.1) is 7.11 Å². The summed E-state index contributed by atoms with van der Waals surface area (Å²) in [5, 5.41) is 0. The molecule has 0 aromatic heterocycles. The maximum Gasteiger partial charge on any atom is 0.0572 e. The Kier molecular flexibility index (Phi) is 2.14. The maximum atomic E-state index is 4.86. The molecule has 2 aliphatic rings. The normalized spacial score (nSPS) is 41.7. The van der Waals surface area contributed by atoms with E-state index in [1.165, 1.54) is 25.7 Å². The highest BCUT2D eigenvalue weighted by Gasteiger charge is 2.38. The van der Waals surface area contributed by atoms with Gasteiger partial charge in [-0.15, -0.1) is 0 Å². The Bertz CT molecular complexity index is 138. The predicted molar refractivity (Wildman–Crippen MR) is 43.9 cm³/mol. The van der Waals surface area contributed by atoms with E-state index in [9.17, 15) is 0 Å². The van der Waals surface area contributed by atoms with Crippen molar-refractivity contribution in [1.29, 1.82) is 0 Å². The first-order chi connectivity index (χ1) is 5.40. The van der Waals surface area contributed by atoms with E-state index >= 15 is 0 Å². The zero-order valence-corrected chi connectivity index (χ0v) is 7.18. The molecule has 0 aromatic carbocycles. The molecule has 2 fully saturated rings. The van der Waals surface area contributed by atoms with Gasteiger partial charge >= 0.3 is 0 Å². The lowest BCUT2D eigenvalue weighted by Crippen LogP contribution is -2.25. The van der Waals surface area contributed by atoms with Crippen molar-refractivity contribution in [3.8, 4) is 0 Å². The van der Waals surface area contributed by atoms with Crippen molar-refractivity contribution in [2.45, 2.75) is 25.7 Å². The van der Waals surface area contributed by atoms with E-state index < -0.39 is 0 Å². The third kappa shape index (κ3) is 1.42. The Hall–Kier alpha value is -0.0800. The van der Waals surface area contributed by atoms with E-state index in [0.29, 0.717) is 0 Å². The molecule has 0 radical (unpaired) electrons. The topological polar surface area (TPSA) is 21.3 Å². The van der Waals surface area contributed by atoms with Crippen LogP contribution in [0.25, 0.3) is 0 Å². The van der Waals surface area contributed by atoms with Gasteiger partial charge in [0.25, 0.3) is 0 Å². The summed E-state index contributed by atoms with van der Waals surface area (Å²) >= 11 is 0. The van der Waals surface area contributed by atoms with Crippen LogP contribution in [-0.2, 0) is 4.84 Å². The van der Waals surface area contributed by atoms with Crippen LogP contribution in [-0.4, -0.2) is 13.7 Å². The highest BCUT2D eigenvalue weighted by Crippen LogP contribution is 2.47. The number of rotatable bonds is 3. The van der Waals surface area contributed by atoms with Crippen LogP contribution in [0.15, 0.2) is 0 Å². The summed E-state index contributed by atoms with van der Waals surface area (Å²) in [6, 6.07) is 0. The molecule has 0 aliphatic heterocycles. The first-order valence-electron chi connectivity index (χ1n) is 4.66. The summed E-state index contributed by atoms with van der Waals surface area (Å²) in [4.78, 5) is 4.86. The van der Waals surface area contributed by atoms with Gasteiger partial charge in [0.15, 0.2) is 0 Å². The Morgan fingerprint density at radius 1 is 1.36 bits per heavy atom. The fourth-order valence-electron chi connectivity index (χ4n) is 2.82. The van der Waals surface area contributed by atoms with E-state index in [0.717, 1.165) is 24.3 Å². The molecule has 2 rings (SSSR count). The summed E-state index contributed by atoms with van der Waals surface area (Å²) < 4.78 is 0. The molecule has 2 saturated carbocycles. The second-order valence-electron chi connectivity index (χ2n) is 3.99. The molecular formula is C9H17NO. The average molecular weight is 155 g/mol. The Morgan fingerprint density at radius 2 is 2.27 bits per heavy atom. The molecule has 0 aromatic rings. The lowest BCUT2D eigenvalue weighted by atomic mass is 9.89. The molecule has 0 amide bonds. The summed E-state index contributed by atoms with van der Waals surface area (Å²) in [5.74, 6) is 2.99. The SMILES string of the molecule is CONC[C@H]1C[C@H]2CC[C@H]1C2. The quantitative estimate of drug-likeness (QED) is 0.625. The first-order valence-corrected chi connectivity index (χ1v) is 4.66. The largest absolute Gasteiger partial charge is 0.305 e. The number of nitrogens with one attached hydrogen (secondary N) is 1. The first kappa shape index (κ1) is 7.56. The Balaban J connectivity index is 1.78. The summed E-state index contributed by atoms with van der Waals surface area (Å²) in [5.41, 5.74) is 2.98. The van der Waals surface area contributed by atoms with Crippen LogP contribution in [0.3, 0.4) is 0 Å². The van der Waals surface area contributed by atoms with Crippen LogP contribution in [0.1, 0.15) is 25.7 Å². The van der Waals surface area contributed by atoms with Crippen LogP contribution in [0.5, 0.6) is 0 Å². The molecule has 0 spiro atoms. The van der Waals surface area contributed by atoms with Gasteiger partial charge in [0, 0.05) is 6.54 Å². The van der Waals surface area contributed by atoms with E-state index in [1.807, 2.05) is 0 Å². The third-order valence-corrected chi connectivity index (χ3v) is 3.37. The molecule has 0 heterocycles. The van der Waals surface area contributed by atoms with Crippen molar-refractivity contribution < 1.29 is 4.84 Å². The minimum Gasteiger partial charge on any atom is -0.305 e. The highest BCUT2D eigenvalue weighted by molar-refractivity contribution is 4.90. The van der Waals surface area contributed by atoms with Gasteiger partial charge in [-0.2, -0.15) is 0 Å². The standard InChI is InChI=1S/C9H17NO/c1-11-10-6-9-5-7-2-3-8(9)4-7/h7-10H,2-6H2,1H3/t7-,8-,9+/m0/s1. The van der Waals surface area contributed by atoms with Crippen molar-refractivity contribution in [3.05, 3.63) is 0 Å². The van der Waals surface area contributed by atoms with Gasteiger partial charge in [-0.25, -0.2) is 5.48 Å². The average Bonchev–Trinajstić information content (AvgIpc) is 2.60. The number of hydrogen-bond donors (Lipinski definition) is 1. The lowest BCUT2D eigenvalue weighted by Gasteiger charge is -2.20. The number of hydroxylamine groups is 1. The monoisotopic (exact) mass is 155 g/mol. The van der Waals surface area contributed by atoms with Gasteiger partial charge in [0.1, 0.15) is 0 Å². The second kappa shape index (κ2) is 3.11. The van der Waals surface area contributed by atoms with Crippen molar-refractivity contribution in [2.24, 2.45) is 17.8 Å². The second-order valence-corrected chi connectivity index (χ2v) is 3.99. The van der Waals surface area contributed by atoms with Gasteiger partial charge in [-0.3, -0.25) is 0 Å². The molecule has 64 valence electrons. The summed E-state index contributed by atoms with van der Waals surface area (Å²) in [6.45, 7) is 1.07. The Labute approximate surface area is 68.3 Å². The summed E-state index contributed by atoms with van der Waals surface area (Å²) in [6.07, 6.45) is 5.91. The van der Waals surface area contributed by atoms with Crippen LogP contribution in [0.4, 0.5) is 0 Å². The van der Waals surface area contributed by atoms with E-state index in [2.05, 4.69) is 5.48 Å². The predicted octanol–water partition coefficient (Wildman–Crippen LogP) is 1.57. The van der Waals surface area contributed by atoms with Crippen molar-refractivity contribution in [3.63, 3.8) is 0 Å². The molecule has 3 atom stereocenters. The number of fused-ring (bicyclic) bond motifs is 2. The van der Waals surface area contributed by atoms with E-state index in [-0.39, 0.29) is 0 Å². The van der Waals surface area contributed by atoms with Crippen LogP contribution < -0.4 is 5.48 Å². The fourth-order valence-corrected chi connectivity index (χ4v) is 2.82. The molecule has 1 N–H and O–H groups in total. The number of hydrogen-bond acceptors (Lipinski definition) is 2. The molecule has 2 nitrogen and oxygen atoms in total. The van der Waals surface area contributed by atoms with Gasteiger partial charge in [-0.05, 0) is 37.0 Å². The fraction of sp³-hybridized carbons (Fsp3) is 1.00. The van der Waals surface area contributed by atoms with Crippen LogP contribution in [0.2, 0.25) is 0 Å². The lowest BCUT2D eigenvalue weighted by molar-refractivity contribution is 0.0716. The van der Waals surface area contributed by atoms with Crippen molar-refractivity contribution >= 4 is 0 Å². The zero-order chi connectivity index (χ0) is 7.68. The van der Waals surface area contributed by atoms with Crippen molar-refractivity contribution in [2.75, 3.05) is 13.7 Å². The smallest absolute Gasteiger partial charge is 0.0572 e. The summed E-state index contributed by atoms with van der Waals surface area (Å²) in [7, 11) is 1.70. The van der Waals surface area contributed by atoms with Gasteiger partial charge < -0.3 is 4.84 Å². The zero-order valence-electron chi connectivity index (χ0n) is 7.18. The molecule has 2 bridgehead atoms.